The first-order chi connectivity index (χ1) is 10.1. The average molecular weight is 291 g/mol. The van der Waals surface area contributed by atoms with Gasteiger partial charge in [0.2, 0.25) is 0 Å². The zero-order chi connectivity index (χ0) is 15.2. The number of hydrogen-bond acceptors (Lipinski definition) is 4. The zero-order valence-corrected chi connectivity index (χ0v) is 12.2. The Morgan fingerprint density at radius 1 is 1.52 bits per heavy atom. The number of amides is 1. The summed E-state index contributed by atoms with van der Waals surface area (Å²) in [4.78, 5) is 14.0. The molecule has 1 fully saturated rings. The Morgan fingerprint density at radius 3 is 3.00 bits per heavy atom. The van der Waals surface area contributed by atoms with Gasteiger partial charge in [-0.05, 0) is 30.9 Å². The fraction of sp³-hybridized carbons (Fsp3) is 0.467. The van der Waals surface area contributed by atoms with E-state index in [0.717, 1.165) is 25.9 Å². The molecule has 0 bridgehead atoms. The van der Waals surface area contributed by atoms with E-state index in [1.165, 1.54) is 0 Å². The Kier molecular flexibility index (Phi) is 5.03. The third kappa shape index (κ3) is 3.87. The summed E-state index contributed by atoms with van der Waals surface area (Å²) in [5.41, 5.74) is 6.06. The zero-order valence-electron chi connectivity index (χ0n) is 12.2. The molecule has 1 aromatic carbocycles. The summed E-state index contributed by atoms with van der Waals surface area (Å²) in [6.07, 6.45) is 2.20. The van der Waals surface area contributed by atoms with Crippen molar-refractivity contribution in [2.45, 2.75) is 19.8 Å². The van der Waals surface area contributed by atoms with Crippen LogP contribution in [0.25, 0.3) is 0 Å². The van der Waals surface area contributed by atoms with Crippen molar-refractivity contribution in [3.8, 4) is 5.75 Å². The van der Waals surface area contributed by atoms with Crippen molar-refractivity contribution in [3.63, 3.8) is 0 Å². The molecule has 1 aromatic rings. The van der Waals surface area contributed by atoms with Crippen LogP contribution >= 0.6 is 0 Å². The lowest BCUT2D eigenvalue weighted by molar-refractivity contribution is -0.135. The van der Waals surface area contributed by atoms with Crippen molar-refractivity contribution in [2.75, 3.05) is 19.7 Å². The van der Waals surface area contributed by atoms with E-state index in [4.69, 9.17) is 15.7 Å². The Bertz CT molecular complexity index is 531. The van der Waals surface area contributed by atoms with Gasteiger partial charge in [-0.3, -0.25) is 4.79 Å². The van der Waals surface area contributed by atoms with E-state index in [9.17, 15) is 4.79 Å². The number of para-hydroxylation sites is 1. The Hall–Kier alpha value is -2.24. The second-order valence-corrected chi connectivity index (χ2v) is 5.36. The smallest absolute Gasteiger partial charge is 0.260 e. The molecule has 2 rings (SSSR count). The Morgan fingerprint density at radius 2 is 2.29 bits per heavy atom. The third-order valence-electron chi connectivity index (χ3n) is 3.63. The van der Waals surface area contributed by atoms with Crippen molar-refractivity contribution in [3.05, 3.63) is 29.8 Å². The van der Waals surface area contributed by atoms with E-state index in [1.54, 1.807) is 24.3 Å². The van der Waals surface area contributed by atoms with E-state index in [-0.39, 0.29) is 18.3 Å². The minimum absolute atomic E-state index is 0.0316. The molecule has 1 saturated heterocycles. The maximum Gasteiger partial charge on any atom is 0.260 e. The first-order valence-electron chi connectivity index (χ1n) is 7.09. The predicted octanol–water partition coefficient (Wildman–Crippen LogP) is 1.42. The molecule has 6 nitrogen and oxygen atoms in total. The van der Waals surface area contributed by atoms with Gasteiger partial charge >= 0.3 is 0 Å². The van der Waals surface area contributed by atoms with Gasteiger partial charge in [-0.1, -0.05) is 24.2 Å². The Balaban J connectivity index is 1.98. The number of rotatable bonds is 4. The molecular formula is C15H21N3O3. The number of ether oxygens (including phenoxy) is 1. The molecule has 0 saturated carbocycles. The minimum Gasteiger partial charge on any atom is -0.483 e. The van der Waals surface area contributed by atoms with Gasteiger partial charge in [0.05, 0.1) is 5.56 Å². The molecule has 1 atom stereocenters. The molecule has 3 N–H and O–H groups in total. The molecule has 1 amide bonds. The minimum atomic E-state index is -0.0392. The normalized spacial score (nSPS) is 19.4. The summed E-state index contributed by atoms with van der Waals surface area (Å²) < 4.78 is 5.55. The van der Waals surface area contributed by atoms with Crippen LogP contribution in [0.4, 0.5) is 0 Å². The number of amidine groups is 1. The number of piperidine rings is 1. The van der Waals surface area contributed by atoms with Gasteiger partial charge in [0.15, 0.2) is 12.4 Å². The quantitative estimate of drug-likeness (QED) is 0.380. The van der Waals surface area contributed by atoms with Crippen molar-refractivity contribution in [2.24, 2.45) is 16.8 Å². The van der Waals surface area contributed by atoms with Gasteiger partial charge in [-0.25, -0.2) is 0 Å². The average Bonchev–Trinajstić information content (AvgIpc) is 2.52. The van der Waals surface area contributed by atoms with Gasteiger partial charge in [-0.15, -0.1) is 0 Å². The predicted molar refractivity (Wildman–Crippen MR) is 79.4 cm³/mol. The maximum atomic E-state index is 12.2. The first-order valence-corrected chi connectivity index (χ1v) is 7.09. The molecule has 1 aliphatic rings. The second kappa shape index (κ2) is 6.97. The number of carbonyl (C=O) groups is 1. The van der Waals surface area contributed by atoms with Crippen molar-refractivity contribution in [1.29, 1.82) is 0 Å². The monoisotopic (exact) mass is 291 g/mol. The number of likely N-dealkylation sites (tertiary alicyclic amines) is 1. The van der Waals surface area contributed by atoms with Crippen LogP contribution in [0.2, 0.25) is 0 Å². The van der Waals surface area contributed by atoms with Crippen LogP contribution in [0.5, 0.6) is 5.75 Å². The van der Waals surface area contributed by atoms with E-state index in [2.05, 4.69) is 12.1 Å². The fourth-order valence-corrected chi connectivity index (χ4v) is 2.50. The fourth-order valence-electron chi connectivity index (χ4n) is 2.50. The molecule has 114 valence electrons. The highest BCUT2D eigenvalue weighted by Crippen LogP contribution is 2.19. The largest absolute Gasteiger partial charge is 0.483 e. The molecule has 0 aliphatic carbocycles. The second-order valence-electron chi connectivity index (χ2n) is 5.36. The van der Waals surface area contributed by atoms with E-state index >= 15 is 0 Å². The van der Waals surface area contributed by atoms with E-state index in [0.29, 0.717) is 17.2 Å². The lowest BCUT2D eigenvalue weighted by atomic mass is 10.0. The van der Waals surface area contributed by atoms with Crippen LogP contribution < -0.4 is 10.5 Å². The molecule has 1 unspecified atom stereocenters. The highest BCUT2D eigenvalue weighted by Gasteiger charge is 2.21. The first kappa shape index (κ1) is 15.2. The number of benzene rings is 1. The van der Waals surface area contributed by atoms with Gasteiger partial charge in [0, 0.05) is 13.1 Å². The van der Waals surface area contributed by atoms with Crippen LogP contribution in [-0.2, 0) is 4.79 Å². The number of nitrogens with zero attached hydrogens (tertiary/aromatic N) is 2. The molecule has 21 heavy (non-hydrogen) atoms. The molecule has 1 heterocycles. The van der Waals surface area contributed by atoms with Crippen molar-refractivity contribution >= 4 is 11.7 Å². The standard InChI is InChI=1S/C15H21N3O3/c1-11-5-4-8-18(9-11)14(19)10-21-13-7-3-2-6-12(13)15(16)17-20/h2-3,6-7,11,20H,4-5,8-10H2,1H3,(H2,16,17). The lowest BCUT2D eigenvalue weighted by Crippen LogP contribution is -2.41. The number of nitrogens with two attached hydrogens (primary N) is 1. The molecule has 1 aliphatic heterocycles. The SMILES string of the molecule is CC1CCCN(C(=O)COc2ccccc2/C(N)=N/O)C1. The molecule has 0 radical (unpaired) electrons. The molecular weight excluding hydrogens is 270 g/mol. The van der Waals surface area contributed by atoms with Gasteiger partial charge in [0.25, 0.3) is 5.91 Å². The van der Waals surface area contributed by atoms with Crippen LogP contribution in [0.1, 0.15) is 25.3 Å². The molecule has 6 heteroatoms. The molecule has 0 spiro atoms. The van der Waals surface area contributed by atoms with Gasteiger partial charge in [0.1, 0.15) is 5.75 Å². The summed E-state index contributed by atoms with van der Waals surface area (Å²) in [5, 5.41) is 11.7. The third-order valence-corrected chi connectivity index (χ3v) is 3.63. The van der Waals surface area contributed by atoms with E-state index in [1.807, 2.05) is 4.90 Å². The van der Waals surface area contributed by atoms with Gasteiger partial charge < -0.3 is 20.6 Å². The summed E-state index contributed by atoms with van der Waals surface area (Å²) in [5.74, 6) is 0.902. The summed E-state index contributed by atoms with van der Waals surface area (Å²) in [6, 6.07) is 6.91. The van der Waals surface area contributed by atoms with Crippen LogP contribution in [0.15, 0.2) is 29.4 Å². The van der Waals surface area contributed by atoms with Crippen LogP contribution in [0, 0.1) is 5.92 Å². The van der Waals surface area contributed by atoms with Crippen LogP contribution in [-0.4, -0.2) is 41.5 Å². The lowest BCUT2D eigenvalue weighted by Gasteiger charge is -2.30. The number of oxime groups is 1. The molecule has 0 aromatic heterocycles. The van der Waals surface area contributed by atoms with Crippen molar-refractivity contribution < 1.29 is 14.7 Å². The number of hydrogen-bond donors (Lipinski definition) is 2. The summed E-state index contributed by atoms with van der Waals surface area (Å²) in [6.45, 7) is 3.68. The highest BCUT2D eigenvalue weighted by molar-refractivity contribution is 5.99. The Labute approximate surface area is 124 Å². The van der Waals surface area contributed by atoms with Gasteiger partial charge in [-0.2, -0.15) is 0 Å². The van der Waals surface area contributed by atoms with Crippen molar-refractivity contribution in [1.82, 2.24) is 4.90 Å². The summed E-state index contributed by atoms with van der Waals surface area (Å²) in [7, 11) is 0. The van der Waals surface area contributed by atoms with E-state index < -0.39 is 0 Å². The van der Waals surface area contributed by atoms with Crippen LogP contribution in [0.3, 0.4) is 0 Å². The number of carbonyl (C=O) groups excluding carboxylic acids is 1. The maximum absolute atomic E-state index is 12.2. The highest BCUT2D eigenvalue weighted by atomic mass is 16.5. The topological polar surface area (TPSA) is 88.2 Å². The summed E-state index contributed by atoms with van der Waals surface area (Å²) >= 11 is 0.